The van der Waals surface area contributed by atoms with Crippen molar-refractivity contribution in [1.29, 1.82) is 0 Å². The average Bonchev–Trinajstić information content (AvgIpc) is 3.06. The molecule has 0 fully saturated rings. The van der Waals surface area contributed by atoms with Crippen LogP contribution in [0.3, 0.4) is 0 Å². The molecule has 1 aromatic heterocycles. The molecule has 1 unspecified atom stereocenters. The summed E-state index contributed by atoms with van der Waals surface area (Å²) in [6.07, 6.45) is -0.766. The Kier molecular flexibility index (Phi) is 7.82. The SMILES string of the molecule is CCO[PH](=O)Cc1c(F)c(F)c(CP(=O)(OCC)OCC)c2nsnc12. The molecule has 1 atom stereocenters. The Hall–Kier alpha value is -0.760. The summed E-state index contributed by atoms with van der Waals surface area (Å²) < 4.78 is 77.2. The van der Waals surface area contributed by atoms with Crippen LogP contribution in [-0.4, -0.2) is 28.6 Å². The van der Waals surface area contributed by atoms with E-state index in [4.69, 9.17) is 13.6 Å². The lowest BCUT2D eigenvalue weighted by Gasteiger charge is -2.18. The Balaban J connectivity index is 2.53. The van der Waals surface area contributed by atoms with Gasteiger partial charge in [-0.15, -0.1) is 0 Å². The first-order valence-electron chi connectivity index (χ1n) is 8.01. The summed E-state index contributed by atoms with van der Waals surface area (Å²) in [6, 6.07) is 0. The van der Waals surface area contributed by atoms with Crippen LogP contribution in [0.25, 0.3) is 11.0 Å². The van der Waals surface area contributed by atoms with Gasteiger partial charge in [0.15, 0.2) is 19.7 Å². The van der Waals surface area contributed by atoms with Crippen molar-refractivity contribution < 1.29 is 31.5 Å². The molecule has 0 saturated heterocycles. The van der Waals surface area contributed by atoms with Crippen LogP contribution in [0.1, 0.15) is 31.9 Å². The second kappa shape index (κ2) is 9.44. The normalized spacial score (nSPS) is 13.4. The summed E-state index contributed by atoms with van der Waals surface area (Å²) in [6.45, 7) is 5.28. The van der Waals surface area contributed by atoms with E-state index in [2.05, 4.69) is 8.75 Å². The van der Waals surface area contributed by atoms with Crippen molar-refractivity contribution in [3.63, 3.8) is 0 Å². The lowest BCUT2D eigenvalue weighted by Crippen LogP contribution is -2.06. The molecule has 12 heteroatoms. The van der Waals surface area contributed by atoms with Gasteiger partial charge >= 0.3 is 7.60 Å². The van der Waals surface area contributed by atoms with Gasteiger partial charge < -0.3 is 13.6 Å². The van der Waals surface area contributed by atoms with Crippen molar-refractivity contribution >= 4 is 38.4 Å². The molecule has 2 aromatic rings. The Bertz CT molecular complexity index is 838. The molecule has 26 heavy (non-hydrogen) atoms. The van der Waals surface area contributed by atoms with Gasteiger partial charge in [0.05, 0.1) is 43.9 Å². The topological polar surface area (TPSA) is 87.6 Å². The monoisotopic (exact) mass is 428 g/mol. The molecule has 0 aliphatic heterocycles. The third kappa shape index (κ3) is 4.74. The first-order chi connectivity index (χ1) is 12.4. The summed E-state index contributed by atoms with van der Waals surface area (Å²) in [7, 11) is -6.26. The standard InChI is InChI=1S/C14H20F2N2O5P2S/c1-4-21-24(19)7-9-11(15)12(16)10(14-13(9)17-26-18-14)8-25(20,22-5-2)23-6-3/h24H,4-8H2,1-3H3. The zero-order valence-electron chi connectivity index (χ0n) is 14.6. The van der Waals surface area contributed by atoms with Crippen LogP contribution >= 0.6 is 27.4 Å². The predicted molar refractivity (Wildman–Crippen MR) is 96.2 cm³/mol. The van der Waals surface area contributed by atoms with Crippen molar-refractivity contribution in [3.05, 3.63) is 22.8 Å². The fourth-order valence-corrected chi connectivity index (χ4v) is 5.79. The Morgan fingerprint density at radius 3 is 2.08 bits per heavy atom. The van der Waals surface area contributed by atoms with Crippen LogP contribution < -0.4 is 0 Å². The van der Waals surface area contributed by atoms with E-state index in [9.17, 15) is 17.9 Å². The van der Waals surface area contributed by atoms with Crippen LogP contribution in [-0.2, 0) is 35.0 Å². The van der Waals surface area contributed by atoms with Gasteiger partial charge in [-0.25, -0.2) is 8.78 Å². The zero-order chi connectivity index (χ0) is 19.3. The molecule has 0 spiro atoms. The predicted octanol–water partition coefficient (Wildman–Crippen LogP) is 4.75. The van der Waals surface area contributed by atoms with Gasteiger partial charge in [0.1, 0.15) is 11.0 Å². The molecule has 0 radical (unpaired) electrons. The molecule has 0 saturated carbocycles. The minimum atomic E-state index is -3.67. The van der Waals surface area contributed by atoms with Gasteiger partial charge in [0, 0.05) is 11.1 Å². The number of fused-ring (bicyclic) bond motifs is 1. The summed E-state index contributed by atoms with van der Waals surface area (Å²) >= 11 is 0.756. The smallest absolute Gasteiger partial charge is 0.331 e. The molecule has 1 aromatic carbocycles. The van der Waals surface area contributed by atoms with E-state index in [1.54, 1.807) is 20.8 Å². The maximum Gasteiger partial charge on any atom is 0.335 e. The second-order valence-corrected chi connectivity index (χ2v) is 9.10. The van der Waals surface area contributed by atoms with E-state index in [0.29, 0.717) is 0 Å². The van der Waals surface area contributed by atoms with Gasteiger partial charge in [-0.05, 0) is 20.8 Å². The molecule has 7 nitrogen and oxygen atoms in total. The Morgan fingerprint density at radius 1 is 1.00 bits per heavy atom. The molecule has 0 aliphatic rings. The van der Waals surface area contributed by atoms with Gasteiger partial charge in [0.25, 0.3) is 0 Å². The highest BCUT2D eigenvalue weighted by atomic mass is 32.1. The van der Waals surface area contributed by atoms with Crippen LogP contribution in [0.5, 0.6) is 0 Å². The zero-order valence-corrected chi connectivity index (χ0v) is 17.3. The number of nitrogens with zero attached hydrogens (tertiary/aromatic N) is 2. The van der Waals surface area contributed by atoms with E-state index in [0.717, 1.165) is 11.7 Å². The van der Waals surface area contributed by atoms with E-state index >= 15 is 0 Å². The highest BCUT2D eigenvalue weighted by Gasteiger charge is 2.31. The fraction of sp³-hybridized carbons (Fsp3) is 0.571. The number of rotatable bonds is 10. The molecule has 1 heterocycles. The Labute approximate surface area is 154 Å². The summed E-state index contributed by atoms with van der Waals surface area (Å²) in [5, 5.41) is 0. The molecule has 0 amide bonds. The van der Waals surface area contributed by atoms with Crippen LogP contribution in [0, 0.1) is 11.6 Å². The fourth-order valence-electron chi connectivity index (χ4n) is 2.43. The van der Waals surface area contributed by atoms with Gasteiger partial charge in [-0.1, -0.05) is 0 Å². The van der Waals surface area contributed by atoms with Crippen molar-refractivity contribution in [1.82, 2.24) is 8.75 Å². The molecule has 2 rings (SSSR count). The summed E-state index contributed by atoms with van der Waals surface area (Å²) in [5.74, 6) is -2.41. The first-order valence-corrected chi connectivity index (χ1v) is 12.0. The van der Waals surface area contributed by atoms with Crippen molar-refractivity contribution in [3.8, 4) is 0 Å². The number of aromatic nitrogens is 2. The molecular formula is C14H20F2N2O5P2S. The quantitative estimate of drug-likeness (QED) is 0.505. The van der Waals surface area contributed by atoms with E-state index in [1.807, 2.05) is 0 Å². The molecule has 0 aliphatic carbocycles. The third-order valence-electron chi connectivity index (χ3n) is 3.41. The third-order valence-corrected chi connectivity index (χ3v) is 7.20. The number of hydrogen-bond acceptors (Lipinski definition) is 8. The van der Waals surface area contributed by atoms with Crippen LogP contribution in [0.2, 0.25) is 0 Å². The van der Waals surface area contributed by atoms with Gasteiger partial charge in [-0.2, -0.15) is 8.75 Å². The van der Waals surface area contributed by atoms with E-state index in [-0.39, 0.29) is 48.1 Å². The molecule has 146 valence electrons. The van der Waals surface area contributed by atoms with Crippen molar-refractivity contribution in [2.75, 3.05) is 19.8 Å². The maximum atomic E-state index is 14.7. The van der Waals surface area contributed by atoms with E-state index < -0.39 is 33.4 Å². The van der Waals surface area contributed by atoms with E-state index in [1.165, 1.54) is 0 Å². The molecule has 0 bridgehead atoms. The van der Waals surface area contributed by atoms with Gasteiger partial charge in [-0.3, -0.25) is 9.13 Å². The highest BCUT2D eigenvalue weighted by Crippen LogP contribution is 2.52. The van der Waals surface area contributed by atoms with Crippen LogP contribution in [0.15, 0.2) is 0 Å². The van der Waals surface area contributed by atoms with Crippen LogP contribution in [0.4, 0.5) is 8.78 Å². The lowest BCUT2D eigenvalue weighted by atomic mass is 10.1. The average molecular weight is 428 g/mol. The maximum absolute atomic E-state index is 14.7. The molecular weight excluding hydrogens is 408 g/mol. The lowest BCUT2D eigenvalue weighted by molar-refractivity contribution is 0.219. The minimum absolute atomic E-state index is 0.0647. The van der Waals surface area contributed by atoms with Crippen molar-refractivity contribution in [2.24, 2.45) is 0 Å². The Morgan fingerprint density at radius 2 is 1.54 bits per heavy atom. The number of halogens is 2. The molecule has 0 N–H and O–H groups in total. The van der Waals surface area contributed by atoms with Gasteiger partial charge in [0.2, 0.25) is 0 Å². The number of hydrogen-bond donors (Lipinski definition) is 0. The number of benzene rings is 1. The summed E-state index contributed by atoms with van der Waals surface area (Å²) in [5.41, 5.74) is -0.234. The second-order valence-electron chi connectivity index (χ2n) is 5.13. The first kappa shape index (κ1) is 21.5. The largest absolute Gasteiger partial charge is 0.335 e. The van der Waals surface area contributed by atoms with Crippen molar-refractivity contribution in [2.45, 2.75) is 33.1 Å². The minimum Gasteiger partial charge on any atom is -0.331 e. The highest BCUT2D eigenvalue weighted by molar-refractivity contribution is 7.53. The summed E-state index contributed by atoms with van der Waals surface area (Å²) in [4.78, 5) is 0.